The molecule has 0 aliphatic rings. The van der Waals surface area contributed by atoms with Gasteiger partial charge in [0, 0.05) is 26.7 Å². The molecule has 5 aromatic rings. The van der Waals surface area contributed by atoms with Crippen molar-refractivity contribution in [3.8, 4) is 11.1 Å². The summed E-state index contributed by atoms with van der Waals surface area (Å²) < 4.78 is 6.34. The van der Waals surface area contributed by atoms with E-state index in [1.165, 1.54) is 11.3 Å². The Bertz CT molecular complexity index is 1540. The Labute approximate surface area is 190 Å². The van der Waals surface area contributed by atoms with Gasteiger partial charge in [-0.3, -0.25) is 4.79 Å². The first kappa shape index (κ1) is 19.8. The molecular weight excluding hydrogens is 453 g/mol. The van der Waals surface area contributed by atoms with Gasteiger partial charge in [-0.25, -0.2) is 4.79 Å². The van der Waals surface area contributed by atoms with Crippen LogP contribution in [0, 0.1) is 0 Å². The van der Waals surface area contributed by atoms with E-state index in [1.807, 2.05) is 36.4 Å². The van der Waals surface area contributed by atoms with Gasteiger partial charge in [-0.2, -0.15) is 0 Å². The molecule has 0 spiro atoms. The zero-order valence-corrected chi connectivity index (χ0v) is 18.1. The molecule has 7 heteroatoms. The molecule has 2 heterocycles. The molecule has 0 saturated heterocycles. The molecule has 5 rings (SSSR count). The Kier molecular flexibility index (Phi) is 5.02. The molecule has 0 atom stereocenters. The van der Waals surface area contributed by atoms with Gasteiger partial charge >= 0.3 is 5.63 Å². The maximum Gasteiger partial charge on any atom is 0.344 e. The lowest BCUT2D eigenvalue weighted by atomic mass is 10.1. The minimum Gasteiger partial charge on any atom is -0.422 e. The van der Waals surface area contributed by atoms with Crippen LogP contribution in [-0.2, 0) is 0 Å². The Morgan fingerprint density at radius 2 is 1.68 bits per heavy atom. The quantitative estimate of drug-likeness (QED) is 0.285. The van der Waals surface area contributed by atoms with E-state index in [0.29, 0.717) is 37.3 Å². The zero-order valence-electron chi connectivity index (χ0n) is 15.8. The van der Waals surface area contributed by atoms with Crippen molar-refractivity contribution in [1.29, 1.82) is 0 Å². The van der Waals surface area contributed by atoms with Crippen LogP contribution in [-0.4, -0.2) is 5.91 Å². The van der Waals surface area contributed by atoms with Crippen molar-refractivity contribution in [2.45, 2.75) is 0 Å². The van der Waals surface area contributed by atoms with Crippen LogP contribution in [0.15, 0.2) is 82.0 Å². The molecular formula is C24H13Cl2NO3S. The molecule has 0 unspecified atom stereocenters. The van der Waals surface area contributed by atoms with Crippen molar-refractivity contribution in [2.24, 2.45) is 0 Å². The Hall–Kier alpha value is -3.12. The SMILES string of the molecule is O=C(Nc1ccc(-c2cc3ccccc3oc2=O)c(Cl)c1)c1sc2ccccc2c1Cl. The van der Waals surface area contributed by atoms with E-state index in [-0.39, 0.29) is 5.91 Å². The molecule has 0 aliphatic heterocycles. The number of amides is 1. The average molecular weight is 466 g/mol. The minimum absolute atomic E-state index is 0.319. The first-order chi connectivity index (χ1) is 15.0. The van der Waals surface area contributed by atoms with Crippen molar-refractivity contribution in [1.82, 2.24) is 0 Å². The Morgan fingerprint density at radius 3 is 2.48 bits per heavy atom. The summed E-state index contributed by atoms with van der Waals surface area (Å²) in [6.07, 6.45) is 0. The maximum absolute atomic E-state index is 12.8. The number of rotatable bonds is 3. The monoisotopic (exact) mass is 465 g/mol. The van der Waals surface area contributed by atoms with E-state index < -0.39 is 5.63 Å². The van der Waals surface area contributed by atoms with E-state index in [1.54, 1.807) is 36.4 Å². The third-order valence-electron chi connectivity index (χ3n) is 4.90. The largest absolute Gasteiger partial charge is 0.422 e. The number of carbonyl (C=O) groups is 1. The molecule has 0 saturated carbocycles. The lowest BCUT2D eigenvalue weighted by molar-refractivity contribution is 0.103. The van der Waals surface area contributed by atoms with Gasteiger partial charge in [0.2, 0.25) is 0 Å². The minimum atomic E-state index is -0.477. The summed E-state index contributed by atoms with van der Waals surface area (Å²) in [4.78, 5) is 25.7. The van der Waals surface area contributed by atoms with Crippen molar-refractivity contribution in [3.05, 3.63) is 98.1 Å². The summed E-state index contributed by atoms with van der Waals surface area (Å²) in [7, 11) is 0. The number of hydrogen-bond acceptors (Lipinski definition) is 4. The normalized spacial score (nSPS) is 11.2. The van der Waals surface area contributed by atoms with Gasteiger partial charge < -0.3 is 9.73 Å². The second-order valence-electron chi connectivity index (χ2n) is 6.88. The van der Waals surface area contributed by atoms with Gasteiger partial charge in [0.1, 0.15) is 10.5 Å². The van der Waals surface area contributed by atoms with Crippen LogP contribution in [0.4, 0.5) is 5.69 Å². The van der Waals surface area contributed by atoms with Crippen LogP contribution in [0.25, 0.3) is 32.2 Å². The molecule has 2 aromatic heterocycles. The van der Waals surface area contributed by atoms with Crippen molar-refractivity contribution >= 4 is 67.2 Å². The van der Waals surface area contributed by atoms with Gasteiger partial charge in [-0.1, -0.05) is 65.7 Å². The number of thiophene rings is 1. The van der Waals surface area contributed by atoms with Gasteiger partial charge in [0.25, 0.3) is 5.91 Å². The number of nitrogens with one attached hydrogen (secondary N) is 1. The van der Waals surface area contributed by atoms with Crippen molar-refractivity contribution < 1.29 is 9.21 Å². The van der Waals surface area contributed by atoms with E-state index in [0.717, 1.165) is 15.5 Å². The third-order valence-corrected chi connectivity index (χ3v) is 6.89. The lowest BCUT2D eigenvalue weighted by Gasteiger charge is -2.09. The van der Waals surface area contributed by atoms with Crippen molar-refractivity contribution in [3.63, 3.8) is 0 Å². The first-order valence-electron chi connectivity index (χ1n) is 9.32. The van der Waals surface area contributed by atoms with Gasteiger partial charge in [0.15, 0.2) is 0 Å². The van der Waals surface area contributed by atoms with Crippen LogP contribution < -0.4 is 10.9 Å². The molecule has 31 heavy (non-hydrogen) atoms. The van der Waals surface area contributed by atoms with Crippen LogP contribution in [0.1, 0.15) is 9.67 Å². The number of fused-ring (bicyclic) bond motifs is 2. The highest BCUT2D eigenvalue weighted by molar-refractivity contribution is 7.21. The highest BCUT2D eigenvalue weighted by atomic mass is 35.5. The summed E-state index contributed by atoms with van der Waals surface area (Å²) >= 11 is 14.2. The second-order valence-corrected chi connectivity index (χ2v) is 8.71. The summed E-state index contributed by atoms with van der Waals surface area (Å²) in [5.41, 5.74) is 1.41. The molecule has 0 fully saturated rings. The number of anilines is 1. The van der Waals surface area contributed by atoms with E-state index in [4.69, 9.17) is 27.6 Å². The molecule has 0 radical (unpaired) electrons. The topological polar surface area (TPSA) is 59.3 Å². The number of benzene rings is 3. The van der Waals surface area contributed by atoms with Crippen LogP contribution in [0.5, 0.6) is 0 Å². The van der Waals surface area contributed by atoms with E-state index in [9.17, 15) is 9.59 Å². The fraction of sp³-hybridized carbons (Fsp3) is 0. The molecule has 1 amide bonds. The zero-order chi connectivity index (χ0) is 21.5. The summed E-state index contributed by atoms with van der Waals surface area (Å²) in [5.74, 6) is -0.319. The average Bonchev–Trinajstić information content (AvgIpc) is 3.11. The van der Waals surface area contributed by atoms with E-state index in [2.05, 4.69) is 5.32 Å². The Morgan fingerprint density at radius 1 is 0.903 bits per heavy atom. The number of halogens is 2. The number of hydrogen-bond donors (Lipinski definition) is 1. The van der Waals surface area contributed by atoms with Crippen LogP contribution >= 0.6 is 34.5 Å². The number of para-hydroxylation sites is 1. The first-order valence-corrected chi connectivity index (χ1v) is 10.9. The highest BCUT2D eigenvalue weighted by Gasteiger charge is 2.18. The van der Waals surface area contributed by atoms with Crippen LogP contribution in [0.2, 0.25) is 10.0 Å². The van der Waals surface area contributed by atoms with Gasteiger partial charge in [0.05, 0.1) is 15.6 Å². The van der Waals surface area contributed by atoms with Crippen molar-refractivity contribution in [2.75, 3.05) is 5.32 Å². The van der Waals surface area contributed by atoms with E-state index >= 15 is 0 Å². The summed E-state index contributed by atoms with van der Waals surface area (Å²) in [6.45, 7) is 0. The molecule has 4 nitrogen and oxygen atoms in total. The number of carbonyl (C=O) groups excluding carboxylic acids is 1. The third kappa shape index (κ3) is 3.61. The molecule has 3 aromatic carbocycles. The predicted octanol–water partition coefficient (Wildman–Crippen LogP) is 7.23. The van der Waals surface area contributed by atoms with Gasteiger partial charge in [-0.15, -0.1) is 11.3 Å². The highest BCUT2D eigenvalue weighted by Crippen LogP contribution is 2.36. The molecule has 0 aliphatic carbocycles. The Balaban J connectivity index is 1.47. The standard InChI is InChI=1S/C24H13Cl2NO3S/c25-18-12-14(27-23(28)22-21(26)16-6-2-4-8-20(16)31-22)9-10-15(18)17-11-13-5-1-3-7-19(13)30-24(17)29/h1-12H,(H,27,28). The van der Waals surface area contributed by atoms with Gasteiger partial charge in [-0.05, 0) is 30.3 Å². The maximum atomic E-state index is 12.8. The summed E-state index contributed by atoms with van der Waals surface area (Å²) in [6, 6.07) is 21.6. The smallest absolute Gasteiger partial charge is 0.344 e. The molecule has 1 N–H and O–H groups in total. The molecule has 152 valence electrons. The second kappa shape index (κ2) is 7.85. The lowest BCUT2D eigenvalue weighted by Crippen LogP contribution is -2.11. The summed E-state index contributed by atoms with van der Waals surface area (Å²) in [5, 5.41) is 5.21. The fourth-order valence-electron chi connectivity index (χ4n) is 3.41. The molecule has 0 bridgehead atoms. The predicted molar refractivity (Wildman–Crippen MR) is 128 cm³/mol. The fourth-order valence-corrected chi connectivity index (χ4v) is 5.10. The van der Waals surface area contributed by atoms with Crippen LogP contribution in [0.3, 0.4) is 0 Å².